The van der Waals surface area contributed by atoms with Crippen LogP contribution in [0.4, 0.5) is 5.69 Å². The SMILES string of the molecule is COc1cc(/C=C/C(=O)Nc2ccc(Sc3nc(C)cc(C)n3)cc2)ccc1OCC#N. The van der Waals surface area contributed by atoms with Gasteiger partial charge in [-0.25, -0.2) is 9.97 Å². The Morgan fingerprint density at radius 1 is 1.09 bits per heavy atom. The van der Waals surface area contributed by atoms with Crippen LogP contribution in [0, 0.1) is 25.2 Å². The third kappa shape index (κ3) is 6.59. The summed E-state index contributed by atoms with van der Waals surface area (Å²) in [6, 6.07) is 16.6. The Hall–Kier alpha value is -3.83. The minimum atomic E-state index is -0.258. The van der Waals surface area contributed by atoms with Crippen LogP contribution < -0.4 is 14.8 Å². The monoisotopic (exact) mass is 446 g/mol. The molecule has 162 valence electrons. The fourth-order valence-corrected chi connectivity index (χ4v) is 3.69. The number of carbonyl (C=O) groups excluding carboxylic acids is 1. The Morgan fingerprint density at radius 2 is 1.81 bits per heavy atom. The summed E-state index contributed by atoms with van der Waals surface area (Å²) in [6.45, 7) is 3.82. The first kappa shape index (κ1) is 22.8. The van der Waals surface area contributed by atoms with E-state index in [1.807, 2.05) is 50.2 Å². The fraction of sp³-hybridized carbons (Fsp3) is 0.167. The van der Waals surface area contributed by atoms with Gasteiger partial charge in [0.25, 0.3) is 0 Å². The van der Waals surface area contributed by atoms with E-state index in [0.717, 1.165) is 21.8 Å². The van der Waals surface area contributed by atoms with Crippen LogP contribution in [0.15, 0.2) is 64.7 Å². The molecule has 7 nitrogen and oxygen atoms in total. The van der Waals surface area contributed by atoms with Crippen LogP contribution >= 0.6 is 11.8 Å². The zero-order valence-electron chi connectivity index (χ0n) is 18.0. The second kappa shape index (κ2) is 11.0. The number of amides is 1. The van der Waals surface area contributed by atoms with Crippen molar-refractivity contribution in [2.75, 3.05) is 19.0 Å². The van der Waals surface area contributed by atoms with E-state index in [1.54, 1.807) is 24.3 Å². The molecule has 0 saturated carbocycles. The number of hydrogen-bond acceptors (Lipinski definition) is 7. The molecule has 0 aliphatic carbocycles. The van der Waals surface area contributed by atoms with Gasteiger partial charge in [-0.1, -0.05) is 6.07 Å². The number of anilines is 1. The third-order valence-electron chi connectivity index (χ3n) is 4.20. The molecule has 0 bridgehead atoms. The van der Waals surface area contributed by atoms with Gasteiger partial charge in [0.05, 0.1) is 7.11 Å². The number of benzene rings is 2. The largest absolute Gasteiger partial charge is 0.493 e. The Balaban J connectivity index is 1.60. The van der Waals surface area contributed by atoms with Crippen molar-refractivity contribution in [1.82, 2.24) is 9.97 Å². The lowest BCUT2D eigenvalue weighted by atomic mass is 10.2. The summed E-state index contributed by atoms with van der Waals surface area (Å²) in [5.41, 5.74) is 3.31. The molecule has 8 heteroatoms. The molecule has 1 heterocycles. The molecule has 0 saturated heterocycles. The number of nitrogens with zero attached hydrogens (tertiary/aromatic N) is 3. The molecule has 1 aromatic heterocycles. The lowest BCUT2D eigenvalue weighted by molar-refractivity contribution is -0.111. The number of nitrogens with one attached hydrogen (secondary N) is 1. The molecule has 0 radical (unpaired) electrons. The van der Waals surface area contributed by atoms with Gasteiger partial charge in [-0.2, -0.15) is 5.26 Å². The molecule has 0 unspecified atom stereocenters. The first-order valence-corrected chi connectivity index (χ1v) is 10.6. The maximum atomic E-state index is 12.3. The average Bonchev–Trinajstić information content (AvgIpc) is 2.77. The lowest BCUT2D eigenvalue weighted by Gasteiger charge is -2.08. The molecule has 2 aromatic carbocycles. The van der Waals surface area contributed by atoms with E-state index in [0.29, 0.717) is 22.3 Å². The zero-order chi connectivity index (χ0) is 22.9. The number of nitriles is 1. The van der Waals surface area contributed by atoms with Crippen LogP contribution in [-0.4, -0.2) is 29.6 Å². The van der Waals surface area contributed by atoms with Gasteiger partial charge in [-0.15, -0.1) is 0 Å². The number of carbonyl (C=O) groups is 1. The van der Waals surface area contributed by atoms with Gasteiger partial charge in [-0.3, -0.25) is 4.79 Å². The summed E-state index contributed by atoms with van der Waals surface area (Å²) in [4.78, 5) is 22.1. The minimum absolute atomic E-state index is 0.0666. The number of hydrogen-bond donors (Lipinski definition) is 1. The predicted molar refractivity (Wildman–Crippen MR) is 124 cm³/mol. The number of aryl methyl sites for hydroxylation is 2. The second-order valence-electron chi connectivity index (χ2n) is 6.74. The van der Waals surface area contributed by atoms with Crippen molar-refractivity contribution >= 4 is 29.4 Å². The van der Waals surface area contributed by atoms with Gasteiger partial charge < -0.3 is 14.8 Å². The van der Waals surface area contributed by atoms with Crippen molar-refractivity contribution in [3.05, 3.63) is 71.6 Å². The molecule has 32 heavy (non-hydrogen) atoms. The first-order chi connectivity index (χ1) is 15.5. The summed E-state index contributed by atoms with van der Waals surface area (Å²) in [5, 5.41) is 12.2. The highest BCUT2D eigenvalue weighted by Crippen LogP contribution is 2.29. The van der Waals surface area contributed by atoms with Gasteiger partial charge in [-0.05, 0) is 79.7 Å². The fourth-order valence-electron chi connectivity index (χ4n) is 2.82. The Bertz CT molecular complexity index is 1150. The Morgan fingerprint density at radius 3 is 2.47 bits per heavy atom. The Kier molecular flexibility index (Phi) is 7.84. The van der Waals surface area contributed by atoms with E-state index >= 15 is 0 Å². The lowest BCUT2D eigenvalue weighted by Crippen LogP contribution is -2.07. The van der Waals surface area contributed by atoms with E-state index in [1.165, 1.54) is 24.9 Å². The maximum Gasteiger partial charge on any atom is 0.248 e. The van der Waals surface area contributed by atoms with Gasteiger partial charge >= 0.3 is 0 Å². The standard InChI is InChI=1S/C24H22N4O3S/c1-16-14-17(2)27-24(26-16)32-20-8-6-19(7-9-20)28-23(29)11-5-18-4-10-21(31-13-12-25)22(15-18)30-3/h4-11,14-15H,13H2,1-3H3,(H,28,29)/b11-5+. The highest BCUT2D eigenvalue weighted by Gasteiger charge is 2.06. The minimum Gasteiger partial charge on any atom is -0.493 e. The van der Waals surface area contributed by atoms with Crippen molar-refractivity contribution in [2.24, 2.45) is 0 Å². The molecule has 0 aliphatic rings. The maximum absolute atomic E-state index is 12.3. The smallest absolute Gasteiger partial charge is 0.248 e. The summed E-state index contributed by atoms with van der Waals surface area (Å²) < 4.78 is 10.6. The van der Waals surface area contributed by atoms with Crippen molar-refractivity contribution in [2.45, 2.75) is 23.9 Å². The normalized spacial score (nSPS) is 10.6. The second-order valence-corrected chi connectivity index (χ2v) is 7.78. The van der Waals surface area contributed by atoms with E-state index in [-0.39, 0.29) is 12.5 Å². The number of rotatable bonds is 8. The van der Waals surface area contributed by atoms with Crippen molar-refractivity contribution < 1.29 is 14.3 Å². The summed E-state index contributed by atoms with van der Waals surface area (Å²) in [7, 11) is 1.52. The van der Waals surface area contributed by atoms with Crippen LogP contribution in [0.1, 0.15) is 17.0 Å². The summed E-state index contributed by atoms with van der Waals surface area (Å²) in [5.74, 6) is 0.704. The highest BCUT2D eigenvalue weighted by molar-refractivity contribution is 7.99. The van der Waals surface area contributed by atoms with Crippen LogP contribution in [-0.2, 0) is 4.79 Å². The van der Waals surface area contributed by atoms with Crippen molar-refractivity contribution in [3.8, 4) is 17.6 Å². The summed E-state index contributed by atoms with van der Waals surface area (Å²) in [6.07, 6.45) is 3.12. The van der Waals surface area contributed by atoms with Crippen LogP contribution in [0.3, 0.4) is 0 Å². The Labute approximate surface area is 191 Å². The van der Waals surface area contributed by atoms with Gasteiger partial charge in [0.15, 0.2) is 23.3 Å². The molecular formula is C24H22N4O3S. The van der Waals surface area contributed by atoms with E-state index in [4.69, 9.17) is 14.7 Å². The topological polar surface area (TPSA) is 97.1 Å². The van der Waals surface area contributed by atoms with Gasteiger partial charge in [0.1, 0.15) is 6.07 Å². The molecule has 3 rings (SSSR count). The molecular weight excluding hydrogens is 424 g/mol. The number of ether oxygens (including phenoxy) is 2. The molecule has 1 N–H and O–H groups in total. The van der Waals surface area contributed by atoms with Crippen LogP contribution in [0.2, 0.25) is 0 Å². The van der Waals surface area contributed by atoms with Crippen LogP contribution in [0.25, 0.3) is 6.08 Å². The quantitative estimate of drug-likeness (QED) is 0.392. The van der Waals surface area contributed by atoms with Crippen LogP contribution in [0.5, 0.6) is 11.5 Å². The van der Waals surface area contributed by atoms with Gasteiger partial charge in [0.2, 0.25) is 5.91 Å². The molecule has 0 atom stereocenters. The predicted octanol–water partition coefficient (Wildman–Crippen LogP) is 4.81. The van der Waals surface area contributed by atoms with E-state index < -0.39 is 0 Å². The molecule has 3 aromatic rings. The molecule has 0 fully saturated rings. The molecule has 1 amide bonds. The zero-order valence-corrected chi connectivity index (χ0v) is 18.8. The number of methoxy groups -OCH3 is 1. The first-order valence-electron chi connectivity index (χ1n) is 9.74. The van der Waals surface area contributed by atoms with Gasteiger partial charge in [0, 0.05) is 28.0 Å². The number of aromatic nitrogens is 2. The van der Waals surface area contributed by atoms with E-state index in [2.05, 4.69) is 15.3 Å². The molecule has 0 spiro atoms. The van der Waals surface area contributed by atoms with Crippen molar-refractivity contribution in [3.63, 3.8) is 0 Å². The van der Waals surface area contributed by atoms with E-state index in [9.17, 15) is 4.79 Å². The average molecular weight is 447 g/mol. The highest BCUT2D eigenvalue weighted by atomic mass is 32.2. The molecule has 0 aliphatic heterocycles. The van der Waals surface area contributed by atoms with Crippen molar-refractivity contribution in [1.29, 1.82) is 5.26 Å². The third-order valence-corrected chi connectivity index (χ3v) is 5.07. The summed E-state index contributed by atoms with van der Waals surface area (Å²) >= 11 is 1.47.